The molecule has 2 aliphatic heterocycles. The maximum Gasteiger partial charge on any atom is 0.410 e. The summed E-state index contributed by atoms with van der Waals surface area (Å²) in [7, 11) is 0. The first-order chi connectivity index (χ1) is 8.74. The number of carbonyl (C=O) groups is 1. The van der Waals surface area contributed by atoms with Gasteiger partial charge in [-0.3, -0.25) is 0 Å². The van der Waals surface area contributed by atoms with Crippen LogP contribution in [0, 0.1) is 0 Å². The Bertz CT molecular complexity index is 434. The Labute approximate surface area is 106 Å². The Kier molecular flexibility index (Phi) is 2.96. The maximum atomic E-state index is 12.0. The number of fused-ring (bicyclic) bond motifs is 1. The molecule has 4 nitrogen and oxygen atoms in total. The zero-order valence-electron chi connectivity index (χ0n) is 10.4. The largest absolute Gasteiger partial charge is 0.445 e. The highest BCUT2D eigenvalue weighted by atomic mass is 16.6. The molecule has 4 heteroatoms. The Balaban J connectivity index is 1.54. The molecule has 1 amide bonds. The van der Waals surface area contributed by atoms with E-state index in [2.05, 4.69) is 0 Å². The molecular formula is C14H17NO3. The van der Waals surface area contributed by atoms with E-state index in [4.69, 9.17) is 9.47 Å². The first kappa shape index (κ1) is 11.5. The summed E-state index contributed by atoms with van der Waals surface area (Å²) in [6, 6.07) is 9.93. The number of ether oxygens (including phenoxy) is 2. The normalized spacial score (nSPS) is 29.6. The van der Waals surface area contributed by atoms with Gasteiger partial charge in [0.1, 0.15) is 12.7 Å². The highest BCUT2D eigenvalue weighted by Crippen LogP contribution is 2.34. The fraction of sp³-hybridized carbons (Fsp3) is 0.500. The van der Waals surface area contributed by atoms with Gasteiger partial charge in [0.15, 0.2) is 0 Å². The molecule has 96 valence electrons. The molecule has 1 aromatic carbocycles. The average Bonchev–Trinajstić information content (AvgIpc) is 3.14. The molecule has 0 saturated carbocycles. The summed E-state index contributed by atoms with van der Waals surface area (Å²) in [5, 5.41) is 0. The van der Waals surface area contributed by atoms with Crippen LogP contribution in [-0.4, -0.2) is 35.8 Å². The van der Waals surface area contributed by atoms with E-state index >= 15 is 0 Å². The molecule has 3 atom stereocenters. The molecule has 0 radical (unpaired) electrons. The summed E-state index contributed by atoms with van der Waals surface area (Å²) in [5.41, 5.74) is 1.01. The SMILES string of the molecule is C[C@H]1C[C@@H]2O[C@@H]2CN1C(=O)OCc1ccccc1. The van der Waals surface area contributed by atoms with Crippen LogP contribution in [0.2, 0.25) is 0 Å². The molecule has 0 aromatic heterocycles. The number of piperidine rings is 1. The quantitative estimate of drug-likeness (QED) is 0.752. The third kappa shape index (κ3) is 2.34. The first-order valence-corrected chi connectivity index (χ1v) is 6.37. The van der Waals surface area contributed by atoms with Gasteiger partial charge < -0.3 is 14.4 Å². The van der Waals surface area contributed by atoms with E-state index < -0.39 is 0 Å². The number of hydrogen-bond donors (Lipinski definition) is 0. The maximum absolute atomic E-state index is 12.0. The highest BCUT2D eigenvalue weighted by Gasteiger charge is 2.47. The van der Waals surface area contributed by atoms with Gasteiger partial charge in [0, 0.05) is 6.04 Å². The summed E-state index contributed by atoms with van der Waals surface area (Å²) in [6.07, 6.45) is 1.30. The smallest absolute Gasteiger partial charge is 0.410 e. The minimum atomic E-state index is -0.236. The van der Waals surface area contributed by atoms with E-state index in [0.717, 1.165) is 12.0 Å². The van der Waals surface area contributed by atoms with Crippen LogP contribution < -0.4 is 0 Å². The number of amides is 1. The highest BCUT2D eigenvalue weighted by molar-refractivity contribution is 5.68. The molecule has 2 heterocycles. The van der Waals surface area contributed by atoms with Crippen molar-refractivity contribution >= 4 is 6.09 Å². The lowest BCUT2D eigenvalue weighted by atomic mass is 10.0. The fourth-order valence-corrected chi connectivity index (χ4v) is 2.44. The summed E-state index contributed by atoms with van der Waals surface area (Å²) in [6.45, 7) is 3.04. The zero-order valence-corrected chi connectivity index (χ0v) is 10.4. The van der Waals surface area contributed by atoms with Gasteiger partial charge in [-0.2, -0.15) is 0 Å². The lowest BCUT2D eigenvalue weighted by Gasteiger charge is -2.30. The van der Waals surface area contributed by atoms with Crippen molar-refractivity contribution in [2.75, 3.05) is 6.54 Å². The first-order valence-electron chi connectivity index (χ1n) is 6.37. The summed E-state index contributed by atoms with van der Waals surface area (Å²) >= 11 is 0. The molecule has 2 fully saturated rings. The monoisotopic (exact) mass is 247 g/mol. The Morgan fingerprint density at radius 1 is 1.39 bits per heavy atom. The third-order valence-corrected chi connectivity index (χ3v) is 3.61. The van der Waals surface area contributed by atoms with Crippen molar-refractivity contribution in [2.24, 2.45) is 0 Å². The van der Waals surface area contributed by atoms with E-state index in [1.807, 2.05) is 37.3 Å². The molecular weight excluding hydrogens is 230 g/mol. The van der Waals surface area contributed by atoms with Crippen LogP contribution in [-0.2, 0) is 16.1 Å². The Morgan fingerprint density at radius 2 is 2.17 bits per heavy atom. The minimum absolute atomic E-state index is 0.206. The number of carbonyl (C=O) groups excluding carboxylic acids is 1. The van der Waals surface area contributed by atoms with Gasteiger partial charge in [0.05, 0.1) is 12.6 Å². The van der Waals surface area contributed by atoms with Crippen molar-refractivity contribution in [3.63, 3.8) is 0 Å². The van der Waals surface area contributed by atoms with Crippen molar-refractivity contribution in [2.45, 2.75) is 38.2 Å². The number of epoxide rings is 1. The summed E-state index contributed by atoms with van der Waals surface area (Å²) < 4.78 is 10.8. The molecule has 18 heavy (non-hydrogen) atoms. The van der Waals surface area contributed by atoms with E-state index in [9.17, 15) is 4.79 Å². The Hall–Kier alpha value is -1.55. The number of hydrogen-bond acceptors (Lipinski definition) is 3. The standard InChI is InChI=1S/C14H17NO3/c1-10-7-12-13(18-12)8-15(10)14(16)17-9-11-5-3-2-4-6-11/h2-6,10,12-13H,7-9H2,1H3/t10-,12-,13+/m0/s1. The third-order valence-electron chi connectivity index (χ3n) is 3.61. The zero-order chi connectivity index (χ0) is 12.5. The average molecular weight is 247 g/mol. The van der Waals surface area contributed by atoms with Crippen LogP contribution in [0.5, 0.6) is 0 Å². The molecule has 0 unspecified atom stereocenters. The lowest BCUT2D eigenvalue weighted by molar-refractivity contribution is 0.0766. The minimum Gasteiger partial charge on any atom is -0.445 e. The predicted octanol–water partition coefficient (Wildman–Crippen LogP) is 2.18. The molecule has 3 rings (SSSR count). The Morgan fingerprint density at radius 3 is 2.94 bits per heavy atom. The van der Waals surface area contributed by atoms with Crippen molar-refractivity contribution in [3.05, 3.63) is 35.9 Å². The van der Waals surface area contributed by atoms with Crippen LogP contribution >= 0.6 is 0 Å². The van der Waals surface area contributed by atoms with Crippen molar-refractivity contribution in [1.29, 1.82) is 0 Å². The topological polar surface area (TPSA) is 42.1 Å². The van der Waals surface area contributed by atoms with Crippen molar-refractivity contribution in [1.82, 2.24) is 4.90 Å². The van der Waals surface area contributed by atoms with Crippen LogP contribution in [0.3, 0.4) is 0 Å². The predicted molar refractivity (Wildman–Crippen MR) is 66.1 cm³/mol. The van der Waals surface area contributed by atoms with E-state index in [0.29, 0.717) is 19.3 Å². The molecule has 0 N–H and O–H groups in total. The van der Waals surface area contributed by atoms with Gasteiger partial charge in [-0.25, -0.2) is 4.79 Å². The van der Waals surface area contributed by atoms with Gasteiger partial charge >= 0.3 is 6.09 Å². The second-order valence-electron chi connectivity index (χ2n) is 4.99. The van der Waals surface area contributed by atoms with Gasteiger partial charge in [0.2, 0.25) is 0 Å². The summed E-state index contributed by atoms with van der Waals surface area (Å²) in [4.78, 5) is 13.8. The second kappa shape index (κ2) is 4.61. The van der Waals surface area contributed by atoms with Gasteiger partial charge in [-0.15, -0.1) is 0 Å². The van der Waals surface area contributed by atoms with Crippen molar-refractivity contribution in [3.8, 4) is 0 Å². The lowest BCUT2D eigenvalue weighted by Crippen LogP contribution is -2.45. The number of rotatable bonds is 2. The van der Waals surface area contributed by atoms with E-state index in [1.54, 1.807) is 4.90 Å². The summed E-state index contributed by atoms with van der Waals surface area (Å²) in [5.74, 6) is 0. The van der Waals surface area contributed by atoms with Gasteiger partial charge in [0.25, 0.3) is 0 Å². The second-order valence-corrected chi connectivity index (χ2v) is 4.99. The van der Waals surface area contributed by atoms with E-state index in [-0.39, 0.29) is 18.2 Å². The van der Waals surface area contributed by atoms with Crippen molar-refractivity contribution < 1.29 is 14.3 Å². The number of benzene rings is 1. The van der Waals surface area contributed by atoms with Gasteiger partial charge in [-0.05, 0) is 18.9 Å². The van der Waals surface area contributed by atoms with Crippen LogP contribution in [0.15, 0.2) is 30.3 Å². The number of nitrogens with zero attached hydrogens (tertiary/aromatic N) is 1. The van der Waals surface area contributed by atoms with Crippen LogP contribution in [0.1, 0.15) is 18.9 Å². The van der Waals surface area contributed by atoms with E-state index in [1.165, 1.54) is 0 Å². The molecule has 0 spiro atoms. The molecule has 0 bridgehead atoms. The molecule has 1 aromatic rings. The number of likely N-dealkylation sites (tertiary alicyclic amines) is 1. The van der Waals surface area contributed by atoms with Gasteiger partial charge in [-0.1, -0.05) is 30.3 Å². The molecule has 2 aliphatic rings. The fourth-order valence-electron chi connectivity index (χ4n) is 2.44. The molecule has 2 saturated heterocycles. The van der Waals surface area contributed by atoms with Crippen LogP contribution in [0.4, 0.5) is 4.79 Å². The van der Waals surface area contributed by atoms with Crippen LogP contribution in [0.25, 0.3) is 0 Å². The molecule has 0 aliphatic carbocycles.